The van der Waals surface area contributed by atoms with Gasteiger partial charge in [-0.1, -0.05) is 60.7 Å². The van der Waals surface area contributed by atoms with Gasteiger partial charge < -0.3 is 9.05 Å². The van der Waals surface area contributed by atoms with Gasteiger partial charge in [0.2, 0.25) is 0 Å². The average Bonchev–Trinajstić information content (AvgIpc) is 2.63. The molecule has 2 rings (SSSR count). The van der Waals surface area contributed by atoms with Crippen molar-refractivity contribution in [3.8, 4) is 0 Å². The van der Waals surface area contributed by atoms with Crippen molar-refractivity contribution in [2.24, 2.45) is 0 Å². The quantitative estimate of drug-likeness (QED) is 0.340. The molecule has 0 aromatic heterocycles. The highest BCUT2D eigenvalue weighted by Crippen LogP contribution is 2.69. The molecule has 0 saturated carbocycles. The molecule has 0 amide bonds. The van der Waals surface area contributed by atoms with Crippen molar-refractivity contribution in [1.82, 2.24) is 0 Å². The van der Waals surface area contributed by atoms with E-state index in [2.05, 4.69) is 9.05 Å². The van der Waals surface area contributed by atoms with Gasteiger partial charge >= 0.3 is 41.4 Å². The Balaban J connectivity index is 2.73. The first-order valence-electron chi connectivity index (χ1n) is 7.95. The van der Waals surface area contributed by atoms with Gasteiger partial charge in [-0.2, -0.15) is 25.3 Å². The number of halogens is 3. The van der Waals surface area contributed by atoms with E-state index in [1.54, 1.807) is 0 Å². The summed E-state index contributed by atoms with van der Waals surface area (Å²) in [5.41, 5.74) is 0.0624. The summed E-state index contributed by atoms with van der Waals surface area (Å²) in [6.07, 6.45) is 0. The van der Waals surface area contributed by atoms with Crippen LogP contribution in [0.4, 0.5) is 11.7 Å². The van der Waals surface area contributed by atoms with E-state index in [1.165, 1.54) is 60.7 Å². The highest BCUT2D eigenvalue weighted by atomic mass is 32.4. The fourth-order valence-electron chi connectivity index (χ4n) is 2.42. The predicted octanol–water partition coefficient (Wildman–Crippen LogP) is 3.12. The van der Waals surface area contributed by atoms with Crippen LogP contribution in [0.5, 0.6) is 0 Å². The maximum absolute atomic E-state index is 14.0. The third kappa shape index (κ3) is 5.02. The molecule has 9 nitrogen and oxygen atoms in total. The Morgan fingerprint density at radius 2 is 0.935 bits per heavy atom. The second-order valence-corrected chi connectivity index (χ2v) is 14.2. The fraction of sp³-hybridized carbons (Fsp3) is 0.200. The summed E-state index contributed by atoms with van der Waals surface area (Å²) in [6.45, 7) is -2.09. The monoisotopic (exact) mass is 522 g/mol. The van der Waals surface area contributed by atoms with E-state index in [0.717, 1.165) is 0 Å². The van der Waals surface area contributed by atoms with E-state index >= 15 is 0 Å². The molecule has 0 aliphatic heterocycles. The molecule has 0 aliphatic carbocycles. The molecule has 0 fully saturated rings. The molecule has 0 atom stereocenters. The van der Waals surface area contributed by atoms with Crippen LogP contribution in [0.15, 0.2) is 60.7 Å². The summed E-state index contributed by atoms with van der Waals surface area (Å²) in [7, 11) is -28.6. The Labute approximate surface area is 177 Å². The van der Waals surface area contributed by atoms with Crippen LogP contribution in [0.3, 0.4) is 0 Å². The summed E-state index contributed by atoms with van der Waals surface area (Å²) in [5, 5.41) is 0. The molecule has 0 unspecified atom stereocenters. The van der Waals surface area contributed by atoms with Gasteiger partial charge in [-0.25, -0.2) is 0 Å². The SMILES string of the molecule is O=P(OCc1ccccc1)(OCc1ccccc1)C(S(=O)(=O)F)(S(=O)(=O)F)S(=O)(=O)F. The van der Waals surface area contributed by atoms with Gasteiger partial charge in [0.05, 0.1) is 13.2 Å². The molecular weight excluding hydrogens is 508 g/mol. The van der Waals surface area contributed by atoms with Crippen LogP contribution in [0.2, 0.25) is 0 Å². The van der Waals surface area contributed by atoms with Crippen molar-refractivity contribution < 1.29 is 50.5 Å². The first-order chi connectivity index (χ1) is 14.2. The molecule has 0 saturated heterocycles. The molecule has 16 heteroatoms. The Hall–Kier alpha value is -1.77. The lowest BCUT2D eigenvalue weighted by atomic mass is 10.2. The Morgan fingerprint density at radius 3 is 1.19 bits per heavy atom. The third-order valence-electron chi connectivity index (χ3n) is 3.75. The molecule has 31 heavy (non-hydrogen) atoms. The topological polar surface area (TPSA) is 138 Å². The zero-order valence-corrected chi connectivity index (χ0v) is 18.5. The van der Waals surface area contributed by atoms with Crippen molar-refractivity contribution in [3.63, 3.8) is 0 Å². The minimum absolute atomic E-state index is 0.0312. The summed E-state index contributed by atoms with van der Waals surface area (Å²) >= 11 is 0. The normalized spacial score (nSPS) is 13.8. The summed E-state index contributed by atoms with van der Waals surface area (Å²) < 4.78 is 128. The third-order valence-corrected chi connectivity index (χ3v) is 14.8. The van der Waals surface area contributed by atoms with Crippen LogP contribution in [0.25, 0.3) is 0 Å². The Morgan fingerprint density at radius 1 is 0.645 bits per heavy atom. The van der Waals surface area contributed by atoms with Crippen molar-refractivity contribution in [1.29, 1.82) is 0 Å². The van der Waals surface area contributed by atoms with Crippen molar-refractivity contribution in [2.75, 3.05) is 0 Å². The van der Waals surface area contributed by atoms with Gasteiger partial charge in [0, 0.05) is 0 Å². The lowest BCUT2D eigenvalue weighted by Gasteiger charge is -2.29. The fourth-order valence-corrected chi connectivity index (χ4v) is 10.5. The first-order valence-corrected chi connectivity index (χ1v) is 13.6. The minimum atomic E-state index is -7.35. The lowest BCUT2D eigenvalue weighted by molar-refractivity contribution is 0.189. The van der Waals surface area contributed by atoms with E-state index in [4.69, 9.17) is 0 Å². The smallest absolute Gasteiger partial charge is 0.301 e. The predicted molar refractivity (Wildman–Crippen MR) is 103 cm³/mol. The zero-order chi connectivity index (χ0) is 23.6. The largest absolute Gasteiger partial charge is 0.455 e. The molecule has 0 N–H and O–H groups in total. The van der Waals surface area contributed by atoms with E-state index < -0.39 is 54.6 Å². The zero-order valence-electron chi connectivity index (χ0n) is 15.2. The molecule has 172 valence electrons. The van der Waals surface area contributed by atoms with Crippen LogP contribution in [0, 0.1) is 0 Å². The molecule has 0 aliphatic rings. The van der Waals surface area contributed by atoms with Gasteiger partial charge in [0.25, 0.3) is 0 Å². The number of rotatable bonds is 10. The van der Waals surface area contributed by atoms with Gasteiger partial charge in [0.1, 0.15) is 0 Å². The molecule has 0 spiro atoms. The maximum atomic E-state index is 14.0. The van der Waals surface area contributed by atoms with E-state index in [-0.39, 0.29) is 11.1 Å². The molecule has 2 aromatic rings. The second kappa shape index (κ2) is 9.00. The van der Waals surface area contributed by atoms with E-state index in [9.17, 15) is 41.5 Å². The van der Waals surface area contributed by atoms with Crippen LogP contribution < -0.4 is 0 Å². The highest BCUT2D eigenvalue weighted by molar-refractivity contribution is 8.30. The molecule has 0 heterocycles. The highest BCUT2D eigenvalue weighted by Gasteiger charge is 2.82. The van der Waals surface area contributed by atoms with Gasteiger partial charge in [-0.15, -0.1) is 11.7 Å². The van der Waals surface area contributed by atoms with Crippen molar-refractivity contribution >= 4 is 38.3 Å². The summed E-state index contributed by atoms with van der Waals surface area (Å²) in [6, 6.07) is 13.6. The van der Waals surface area contributed by atoms with Crippen LogP contribution in [0.1, 0.15) is 11.1 Å². The molecular formula is C15H14F3O9PS3. The molecule has 2 aromatic carbocycles. The molecule has 0 radical (unpaired) electrons. The van der Waals surface area contributed by atoms with E-state index in [0.29, 0.717) is 0 Å². The van der Waals surface area contributed by atoms with Gasteiger partial charge in [0.15, 0.2) is 0 Å². The van der Waals surface area contributed by atoms with Gasteiger partial charge in [-0.3, -0.25) is 4.57 Å². The molecule has 0 bridgehead atoms. The van der Waals surface area contributed by atoms with Gasteiger partial charge in [-0.05, 0) is 11.1 Å². The minimum Gasteiger partial charge on any atom is -0.301 e. The standard InChI is InChI=1S/C15H14F3O9PS3/c16-29(20,21)15(30(17,22)23,31(18,24)25)28(19,26-11-13-7-3-1-4-8-13)27-12-14-9-5-2-6-10-14/h1-10H,11-12H2. The average molecular weight is 522 g/mol. The van der Waals surface area contributed by atoms with Crippen LogP contribution in [-0.4, -0.2) is 28.4 Å². The second-order valence-electron chi connectivity index (χ2n) is 5.85. The number of hydrogen-bond acceptors (Lipinski definition) is 9. The Bertz CT molecular complexity index is 1160. The number of benzene rings is 2. The van der Waals surface area contributed by atoms with Crippen molar-refractivity contribution in [2.45, 2.75) is 16.4 Å². The Kier molecular flexibility index (Phi) is 7.40. The maximum Gasteiger partial charge on any atom is 0.455 e. The summed E-state index contributed by atoms with van der Waals surface area (Å²) in [5.74, 6) is 0. The van der Waals surface area contributed by atoms with Crippen molar-refractivity contribution in [3.05, 3.63) is 71.8 Å². The van der Waals surface area contributed by atoms with E-state index in [1.807, 2.05) is 0 Å². The number of hydrogen-bond donors (Lipinski definition) is 0. The van der Waals surface area contributed by atoms with Crippen LogP contribution in [-0.2, 0) is 57.5 Å². The van der Waals surface area contributed by atoms with Crippen LogP contribution >= 0.6 is 7.60 Å². The summed E-state index contributed by atoms with van der Waals surface area (Å²) in [4.78, 5) is 0. The lowest BCUT2D eigenvalue weighted by Crippen LogP contribution is -2.48. The first kappa shape index (κ1) is 25.5.